The highest BCUT2D eigenvalue weighted by atomic mass is 32.2. The minimum Gasteiger partial charge on any atom is -0.494 e. The zero-order valence-electron chi connectivity index (χ0n) is 24.4. The molecule has 1 heterocycles. The van der Waals surface area contributed by atoms with Gasteiger partial charge in [0.05, 0.1) is 17.6 Å². The second kappa shape index (κ2) is 14.1. The molecule has 2 aliphatic rings. The predicted molar refractivity (Wildman–Crippen MR) is 168 cm³/mol. The summed E-state index contributed by atoms with van der Waals surface area (Å²) in [5.74, 6) is 0.431. The fourth-order valence-corrected chi connectivity index (χ4v) is 7.05. The highest BCUT2D eigenvalue weighted by molar-refractivity contribution is 8.04. The Balaban J connectivity index is 1.24. The van der Waals surface area contributed by atoms with Gasteiger partial charge in [-0.2, -0.15) is 0 Å². The summed E-state index contributed by atoms with van der Waals surface area (Å²) in [6.45, 7) is 5.28. The number of thioether (sulfide) groups is 1. The van der Waals surface area contributed by atoms with E-state index < -0.39 is 0 Å². The van der Waals surface area contributed by atoms with Gasteiger partial charge in [0.15, 0.2) is 0 Å². The summed E-state index contributed by atoms with van der Waals surface area (Å²) in [7, 11) is 0. The lowest BCUT2D eigenvalue weighted by molar-refractivity contribution is -0.130. The standard InChI is InChI=1S/C35H39FN2O3S/c1-3-4-21-41-30-19-15-27(16-20-30)24(2)37-34(39)28-13-9-25(10-14-28)22-33-35(40)38(23-26-11-17-29(36)18-12-26)31-7-5-6-8-32(31)42-33/h9-20,22,24,31-32H,3-8,21,23H2,1-2H3,(H,37,39)/b33-22-. The van der Waals surface area contributed by atoms with Crippen LogP contribution in [-0.4, -0.2) is 34.6 Å². The van der Waals surface area contributed by atoms with Crippen LogP contribution in [0, 0.1) is 5.82 Å². The van der Waals surface area contributed by atoms with Gasteiger partial charge < -0.3 is 15.0 Å². The van der Waals surface area contributed by atoms with Crippen molar-refractivity contribution in [2.24, 2.45) is 0 Å². The molecule has 3 atom stereocenters. The molecule has 0 aromatic heterocycles. The van der Waals surface area contributed by atoms with Crippen molar-refractivity contribution in [3.05, 3.63) is 106 Å². The third-order valence-electron chi connectivity index (χ3n) is 8.05. The Hall–Kier alpha value is -3.58. The number of nitrogens with zero attached hydrogens (tertiary/aromatic N) is 1. The van der Waals surface area contributed by atoms with Crippen molar-refractivity contribution in [3.8, 4) is 5.75 Å². The first-order chi connectivity index (χ1) is 20.4. The molecule has 1 aliphatic carbocycles. The quantitative estimate of drug-likeness (QED) is 0.194. The van der Waals surface area contributed by atoms with E-state index in [-0.39, 0.29) is 29.7 Å². The molecule has 1 saturated carbocycles. The summed E-state index contributed by atoms with van der Waals surface area (Å²) in [5, 5.41) is 3.43. The summed E-state index contributed by atoms with van der Waals surface area (Å²) >= 11 is 1.68. The molecular formula is C35H39FN2O3S. The summed E-state index contributed by atoms with van der Waals surface area (Å²) < 4.78 is 19.2. The van der Waals surface area contributed by atoms with Crippen LogP contribution in [0.3, 0.4) is 0 Å². The predicted octanol–water partition coefficient (Wildman–Crippen LogP) is 7.92. The number of hydrogen-bond donors (Lipinski definition) is 1. The van der Waals surface area contributed by atoms with Crippen LogP contribution in [0.5, 0.6) is 5.75 Å². The number of fused-ring (bicyclic) bond motifs is 1. The largest absolute Gasteiger partial charge is 0.494 e. The normalized spacial score (nSPS) is 20.2. The smallest absolute Gasteiger partial charge is 0.260 e. The van der Waals surface area contributed by atoms with Crippen LogP contribution in [-0.2, 0) is 11.3 Å². The Labute approximate surface area is 252 Å². The molecule has 5 rings (SSSR count). The molecule has 0 bridgehead atoms. The average molecular weight is 587 g/mol. The molecule has 5 nitrogen and oxygen atoms in total. The van der Waals surface area contributed by atoms with Crippen molar-refractivity contribution in [1.29, 1.82) is 0 Å². The first-order valence-electron chi connectivity index (χ1n) is 15.0. The number of hydrogen-bond acceptors (Lipinski definition) is 4. The van der Waals surface area contributed by atoms with E-state index >= 15 is 0 Å². The second-order valence-corrected chi connectivity index (χ2v) is 12.4. The molecule has 2 fully saturated rings. The number of ether oxygens (including phenoxy) is 1. The van der Waals surface area contributed by atoms with Crippen LogP contribution >= 0.6 is 11.8 Å². The third kappa shape index (κ3) is 7.43. The molecule has 0 radical (unpaired) electrons. The van der Waals surface area contributed by atoms with E-state index in [1.54, 1.807) is 36.0 Å². The maximum absolute atomic E-state index is 13.7. The Kier molecular flexibility index (Phi) is 10.0. The van der Waals surface area contributed by atoms with Gasteiger partial charge in [0, 0.05) is 23.4 Å². The van der Waals surface area contributed by atoms with Crippen molar-refractivity contribution in [2.45, 2.75) is 76.3 Å². The first kappa shape index (κ1) is 29.9. The van der Waals surface area contributed by atoms with Gasteiger partial charge in [-0.1, -0.05) is 62.6 Å². The van der Waals surface area contributed by atoms with Crippen molar-refractivity contribution >= 4 is 29.7 Å². The summed E-state index contributed by atoms with van der Waals surface area (Å²) in [6, 6.07) is 21.7. The van der Waals surface area contributed by atoms with E-state index in [2.05, 4.69) is 12.2 Å². The molecule has 7 heteroatoms. The maximum atomic E-state index is 13.7. The molecule has 220 valence electrons. The van der Waals surface area contributed by atoms with E-state index in [0.717, 1.165) is 54.5 Å². The molecule has 2 amide bonds. The van der Waals surface area contributed by atoms with E-state index in [1.165, 1.54) is 18.6 Å². The first-order valence-corrected chi connectivity index (χ1v) is 15.9. The van der Waals surface area contributed by atoms with Crippen molar-refractivity contribution < 1.29 is 18.7 Å². The van der Waals surface area contributed by atoms with Crippen molar-refractivity contribution in [3.63, 3.8) is 0 Å². The van der Waals surface area contributed by atoms with Crippen LogP contribution in [0.25, 0.3) is 6.08 Å². The number of nitrogens with one attached hydrogen (secondary N) is 1. The summed E-state index contributed by atoms with van der Waals surface area (Å²) in [6.07, 6.45) is 8.41. The SMILES string of the molecule is CCCCOc1ccc(C(C)NC(=O)c2ccc(/C=C3\SC4CCCCC4N(Cc4ccc(F)cc4)C3=O)cc2)cc1. The fourth-order valence-electron chi connectivity index (χ4n) is 5.58. The lowest BCUT2D eigenvalue weighted by Crippen LogP contribution is -2.50. The molecule has 3 aromatic rings. The number of halogens is 1. The molecule has 1 N–H and O–H groups in total. The zero-order chi connectivity index (χ0) is 29.5. The fraction of sp³-hybridized carbons (Fsp3) is 0.371. The van der Waals surface area contributed by atoms with Gasteiger partial charge in [0.25, 0.3) is 11.8 Å². The van der Waals surface area contributed by atoms with E-state index in [1.807, 2.05) is 54.3 Å². The van der Waals surface area contributed by atoms with E-state index in [4.69, 9.17) is 4.74 Å². The van der Waals surface area contributed by atoms with Gasteiger partial charge in [-0.3, -0.25) is 9.59 Å². The van der Waals surface area contributed by atoms with Gasteiger partial charge in [-0.15, -0.1) is 11.8 Å². The lowest BCUT2D eigenvalue weighted by atomic mass is 9.92. The summed E-state index contributed by atoms with van der Waals surface area (Å²) in [4.78, 5) is 29.3. The van der Waals surface area contributed by atoms with Gasteiger partial charge in [0.1, 0.15) is 11.6 Å². The van der Waals surface area contributed by atoms with Crippen LogP contribution in [0.1, 0.15) is 85.5 Å². The van der Waals surface area contributed by atoms with Crippen LogP contribution in [0.4, 0.5) is 4.39 Å². The summed E-state index contributed by atoms with van der Waals surface area (Å²) in [5.41, 5.74) is 3.38. The third-order valence-corrected chi connectivity index (χ3v) is 9.45. The Bertz CT molecular complexity index is 1390. The molecular weight excluding hydrogens is 547 g/mol. The van der Waals surface area contributed by atoms with Gasteiger partial charge >= 0.3 is 0 Å². The minimum absolute atomic E-state index is 0.0184. The Morgan fingerprint density at radius 2 is 1.76 bits per heavy atom. The molecule has 3 aromatic carbocycles. The number of rotatable bonds is 10. The number of amides is 2. The van der Waals surface area contributed by atoms with Gasteiger partial charge in [0.2, 0.25) is 0 Å². The van der Waals surface area contributed by atoms with Gasteiger partial charge in [-0.25, -0.2) is 4.39 Å². The highest BCUT2D eigenvalue weighted by Gasteiger charge is 2.40. The number of carbonyl (C=O) groups is 2. The Morgan fingerprint density at radius 3 is 2.48 bits per heavy atom. The molecule has 42 heavy (non-hydrogen) atoms. The molecule has 1 saturated heterocycles. The van der Waals surface area contributed by atoms with Crippen molar-refractivity contribution in [2.75, 3.05) is 6.61 Å². The van der Waals surface area contributed by atoms with Crippen molar-refractivity contribution in [1.82, 2.24) is 10.2 Å². The average Bonchev–Trinajstić information content (AvgIpc) is 3.01. The number of benzene rings is 3. The monoisotopic (exact) mass is 586 g/mol. The van der Waals surface area contributed by atoms with Gasteiger partial charge in [-0.05, 0) is 85.4 Å². The van der Waals surface area contributed by atoms with Crippen LogP contribution in [0.15, 0.2) is 77.7 Å². The van der Waals surface area contributed by atoms with Crippen LogP contribution in [0.2, 0.25) is 0 Å². The number of carbonyl (C=O) groups excluding carboxylic acids is 2. The highest BCUT2D eigenvalue weighted by Crippen LogP contribution is 2.42. The lowest BCUT2D eigenvalue weighted by Gasteiger charge is -2.44. The Morgan fingerprint density at radius 1 is 1.05 bits per heavy atom. The van der Waals surface area contributed by atoms with E-state index in [0.29, 0.717) is 28.9 Å². The molecule has 0 spiro atoms. The number of unbranched alkanes of at least 4 members (excludes halogenated alkanes) is 1. The molecule has 1 aliphatic heterocycles. The van der Waals surface area contributed by atoms with E-state index in [9.17, 15) is 14.0 Å². The zero-order valence-corrected chi connectivity index (χ0v) is 25.2. The maximum Gasteiger partial charge on any atom is 0.260 e. The second-order valence-electron chi connectivity index (χ2n) is 11.2. The topological polar surface area (TPSA) is 58.6 Å². The minimum atomic E-state index is -0.274. The molecule has 3 unspecified atom stereocenters. The van der Waals surface area contributed by atoms with Crippen LogP contribution < -0.4 is 10.1 Å².